The van der Waals surface area contributed by atoms with E-state index in [0.29, 0.717) is 16.3 Å². The third-order valence-electron chi connectivity index (χ3n) is 4.53. The number of nitrogens with zero attached hydrogens (tertiary/aromatic N) is 2. The number of halogens is 2. The second-order valence-electron chi connectivity index (χ2n) is 6.35. The highest BCUT2D eigenvalue weighted by Gasteiger charge is 2.47. The average molecular weight is 411 g/mol. The lowest BCUT2D eigenvalue weighted by atomic mass is 10.1. The van der Waals surface area contributed by atoms with Crippen LogP contribution >= 0.6 is 23.4 Å². The zero-order valence-electron chi connectivity index (χ0n) is 13.7. The zero-order chi connectivity index (χ0) is 18.3. The van der Waals surface area contributed by atoms with Crippen LogP contribution < -0.4 is 4.90 Å². The number of sulfone groups is 1. The molecule has 1 fully saturated rings. The molecule has 2 atom stereocenters. The fourth-order valence-electron chi connectivity index (χ4n) is 3.29. The van der Waals surface area contributed by atoms with Crippen LogP contribution in [0.4, 0.5) is 10.1 Å². The molecule has 0 radical (unpaired) electrons. The molecule has 4 nitrogen and oxygen atoms in total. The SMILES string of the molecule is O=S1(=O)C[C@@H]2N=C(SCc3ccccc3F)N(c3ccc(Cl)cc3)[C@@H]2C1. The molecule has 0 aliphatic carbocycles. The Morgan fingerprint density at radius 1 is 1.15 bits per heavy atom. The van der Waals surface area contributed by atoms with Crippen molar-refractivity contribution >= 4 is 44.1 Å². The largest absolute Gasteiger partial charge is 0.315 e. The molecule has 136 valence electrons. The minimum Gasteiger partial charge on any atom is -0.315 e. The van der Waals surface area contributed by atoms with E-state index < -0.39 is 9.84 Å². The van der Waals surface area contributed by atoms with Crippen LogP contribution in [0.25, 0.3) is 0 Å². The summed E-state index contributed by atoms with van der Waals surface area (Å²) in [6.07, 6.45) is 0. The van der Waals surface area contributed by atoms with Crippen molar-refractivity contribution in [1.29, 1.82) is 0 Å². The smallest absolute Gasteiger partial charge is 0.164 e. The second-order valence-corrected chi connectivity index (χ2v) is 9.88. The van der Waals surface area contributed by atoms with E-state index >= 15 is 0 Å². The number of hydrogen-bond donors (Lipinski definition) is 0. The predicted molar refractivity (Wildman–Crippen MR) is 105 cm³/mol. The summed E-state index contributed by atoms with van der Waals surface area (Å²) in [4.78, 5) is 6.60. The van der Waals surface area contributed by atoms with Crippen molar-refractivity contribution in [1.82, 2.24) is 0 Å². The fraction of sp³-hybridized carbons (Fsp3) is 0.278. The molecule has 4 rings (SSSR count). The number of hydrogen-bond acceptors (Lipinski definition) is 5. The van der Waals surface area contributed by atoms with Crippen LogP contribution in [0.2, 0.25) is 5.02 Å². The van der Waals surface area contributed by atoms with Crippen molar-refractivity contribution in [3.8, 4) is 0 Å². The van der Waals surface area contributed by atoms with E-state index in [4.69, 9.17) is 11.6 Å². The molecule has 0 saturated carbocycles. The van der Waals surface area contributed by atoms with E-state index in [2.05, 4.69) is 4.99 Å². The van der Waals surface area contributed by atoms with Gasteiger partial charge in [0.1, 0.15) is 5.82 Å². The molecule has 0 aromatic heterocycles. The number of anilines is 1. The topological polar surface area (TPSA) is 49.7 Å². The van der Waals surface area contributed by atoms with E-state index in [9.17, 15) is 12.8 Å². The summed E-state index contributed by atoms with van der Waals surface area (Å²) < 4.78 is 38.0. The van der Waals surface area contributed by atoms with Crippen LogP contribution in [0.1, 0.15) is 5.56 Å². The van der Waals surface area contributed by atoms with Crippen LogP contribution in [0.5, 0.6) is 0 Å². The first-order valence-corrected chi connectivity index (χ1v) is 11.3. The lowest BCUT2D eigenvalue weighted by Crippen LogP contribution is -2.39. The molecule has 2 aromatic rings. The third kappa shape index (κ3) is 3.48. The molecule has 8 heteroatoms. The Balaban J connectivity index is 1.63. The number of thioether (sulfide) groups is 1. The Morgan fingerprint density at radius 3 is 2.62 bits per heavy atom. The molecule has 0 amide bonds. The minimum atomic E-state index is -3.10. The molecule has 0 N–H and O–H groups in total. The highest BCUT2D eigenvalue weighted by molar-refractivity contribution is 8.13. The maximum Gasteiger partial charge on any atom is 0.164 e. The number of aliphatic imine (C=N–C) groups is 1. The van der Waals surface area contributed by atoms with Crippen LogP contribution in [0.3, 0.4) is 0 Å². The van der Waals surface area contributed by atoms with Crippen LogP contribution in [-0.4, -0.2) is 37.2 Å². The van der Waals surface area contributed by atoms with Crippen molar-refractivity contribution in [2.75, 3.05) is 16.4 Å². The van der Waals surface area contributed by atoms with E-state index in [0.717, 1.165) is 10.9 Å². The van der Waals surface area contributed by atoms with E-state index in [-0.39, 0.29) is 29.4 Å². The molecule has 2 aromatic carbocycles. The first-order valence-electron chi connectivity index (χ1n) is 8.12. The molecular formula is C18H16ClFN2O2S2. The van der Waals surface area contributed by atoms with Crippen molar-refractivity contribution in [2.45, 2.75) is 17.8 Å². The molecule has 2 aliphatic rings. The lowest BCUT2D eigenvalue weighted by molar-refractivity contribution is 0.601. The Labute approximate surface area is 161 Å². The van der Waals surface area contributed by atoms with Gasteiger partial charge in [0, 0.05) is 16.5 Å². The monoisotopic (exact) mass is 410 g/mol. The summed E-state index contributed by atoms with van der Waals surface area (Å²) in [5.74, 6) is 0.320. The van der Waals surface area contributed by atoms with Gasteiger partial charge in [-0.05, 0) is 35.9 Å². The maximum absolute atomic E-state index is 13.9. The summed E-state index contributed by atoms with van der Waals surface area (Å²) in [7, 11) is -3.10. The van der Waals surface area contributed by atoms with E-state index in [1.165, 1.54) is 17.8 Å². The van der Waals surface area contributed by atoms with Crippen molar-refractivity contribution in [2.24, 2.45) is 4.99 Å². The summed E-state index contributed by atoms with van der Waals surface area (Å²) >= 11 is 7.40. The van der Waals surface area contributed by atoms with Gasteiger partial charge in [0.05, 0.1) is 23.6 Å². The van der Waals surface area contributed by atoms with Gasteiger partial charge in [-0.2, -0.15) is 0 Å². The van der Waals surface area contributed by atoms with Crippen LogP contribution in [0.15, 0.2) is 53.5 Å². The zero-order valence-corrected chi connectivity index (χ0v) is 16.1. The molecule has 0 unspecified atom stereocenters. The van der Waals surface area contributed by atoms with Gasteiger partial charge in [-0.15, -0.1) is 0 Å². The van der Waals surface area contributed by atoms with Gasteiger partial charge in [-0.25, -0.2) is 12.8 Å². The number of rotatable bonds is 3. The number of benzene rings is 2. The van der Waals surface area contributed by atoms with Crippen molar-refractivity contribution in [3.05, 3.63) is 64.9 Å². The standard InChI is InChI=1S/C18H16ClFN2O2S2/c19-13-5-7-14(8-6-13)22-17-11-26(23,24)10-16(17)21-18(22)25-9-12-3-1-2-4-15(12)20/h1-8,16-17H,9-11H2/t16-,17+/m0/s1. The highest BCUT2D eigenvalue weighted by atomic mass is 35.5. The Morgan fingerprint density at radius 2 is 1.88 bits per heavy atom. The van der Waals surface area contributed by atoms with Gasteiger partial charge in [0.15, 0.2) is 15.0 Å². The molecule has 0 spiro atoms. The van der Waals surface area contributed by atoms with Gasteiger partial charge in [0.25, 0.3) is 0 Å². The molecule has 1 saturated heterocycles. The Hall–Kier alpha value is -1.57. The Bertz CT molecular complexity index is 963. The van der Waals surface area contributed by atoms with E-state index in [1.54, 1.807) is 30.3 Å². The van der Waals surface area contributed by atoms with Gasteiger partial charge >= 0.3 is 0 Å². The molecule has 0 bridgehead atoms. The maximum atomic E-state index is 13.9. The summed E-state index contributed by atoms with van der Waals surface area (Å²) in [6, 6.07) is 13.4. The molecule has 2 aliphatic heterocycles. The van der Waals surface area contributed by atoms with Crippen LogP contribution in [-0.2, 0) is 15.6 Å². The molecular weight excluding hydrogens is 395 g/mol. The highest BCUT2D eigenvalue weighted by Crippen LogP contribution is 2.36. The number of fused-ring (bicyclic) bond motifs is 1. The minimum absolute atomic E-state index is 0.0610. The fourth-order valence-corrected chi connectivity index (χ4v) is 6.37. The van der Waals surface area contributed by atoms with Gasteiger partial charge in [-0.3, -0.25) is 4.99 Å². The van der Waals surface area contributed by atoms with Crippen molar-refractivity contribution < 1.29 is 12.8 Å². The predicted octanol–water partition coefficient (Wildman–Crippen LogP) is 3.75. The first kappa shape index (κ1) is 17.8. The van der Waals surface area contributed by atoms with E-state index in [1.807, 2.05) is 17.0 Å². The molecule has 26 heavy (non-hydrogen) atoms. The van der Waals surface area contributed by atoms with Gasteiger partial charge in [0.2, 0.25) is 0 Å². The van der Waals surface area contributed by atoms with Crippen LogP contribution in [0, 0.1) is 5.82 Å². The summed E-state index contributed by atoms with van der Waals surface area (Å²) in [5.41, 5.74) is 1.44. The quantitative estimate of drug-likeness (QED) is 0.773. The second kappa shape index (κ2) is 6.87. The lowest BCUT2D eigenvalue weighted by Gasteiger charge is -2.26. The third-order valence-corrected chi connectivity index (χ3v) is 7.49. The summed E-state index contributed by atoms with van der Waals surface area (Å²) in [5, 5.41) is 1.33. The Kier molecular flexibility index (Phi) is 4.71. The average Bonchev–Trinajstić information content (AvgIpc) is 3.06. The van der Waals surface area contributed by atoms with Gasteiger partial charge < -0.3 is 4.90 Å². The summed E-state index contributed by atoms with van der Waals surface area (Å²) in [6.45, 7) is 0. The normalized spacial score (nSPS) is 23.8. The first-order chi connectivity index (χ1) is 12.4. The van der Waals surface area contributed by atoms with Gasteiger partial charge in [-0.1, -0.05) is 41.6 Å². The van der Waals surface area contributed by atoms with Crippen molar-refractivity contribution in [3.63, 3.8) is 0 Å². The molecule has 2 heterocycles. The number of amidine groups is 1.